The van der Waals surface area contributed by atoms with Gasteiger partial charge in [-0.2, -0.15) is 10.5 Å². The van der Waals surface area contributed by atoms with Crippen LogP contribution in [0.3, 0.4) is 0 Å². The number of rotatable bonds is 7. The summed E-state index contributed by atoms with van der Waals surface area (Å²) in [6.07, 6.45) is 2.52. The molecule has 2 saturated heterocycles. The normalized spacial score (nSPS) is 17.5. The number of nitrogens with one attached hydrogen (secondary N) is 1. The molecule has 7 rings (SSSR count). The zero-order valence-corrected chi connectivity index (χ0v) is 26.0. The van der Waals surface area contributed by atoms with Gasteiger partial charge in [-0.3, -0.25) is 0 Å². The quantitative estimate of drug-likeness (QED) is 0.207. The number of anilines is 1. The number of aromatic hydroxyl groups is 1. The molecule has 0 amide bonds. The van der Waals surface area contributed by atoms with E-state index in [-0.39, 0.29) is 35.2 Å². The maximum atomic E-state index is 17.7. The van der Waals surface area contributed by atoms with E-state index in [1.807, 2.05) is 68.7 Å². The lowest BCUT2D eigenvalue weighted by Crippen LogP contribution is -2.52. The molecular weight excluding hydrogens is 575 g/mol. The van der Waals surface area contributed by atoms with Gasteiger partial charge in [0.1, 0.15) is 23.5 Å². The summed E-state index contributed by atoms with van der Waals surface area (Å²) >= 11 is 0. The summed E-state index contributed by atoms with van der Waals surface area (Å²) in [6, 6.07) is 25.7. The maximum Gasteiger partial charge on any atom is 0.140 e. The highest BCUT2D eigenvalue weighted by Gasteiger charge is 2.39. The van der Waals surface area contributed by atoms with Crippen molar-refractivity contribution in [1.29, 1.82) is 10.5 Å². The van der Waals surface area contributed by atoms with Crippen molar-refractivity contribution in [3.8, 4) is 40.3 Å². The summed E-state index contributed by atoms with van der Waals surface area (Å²) in [5, 5.41) is 37.0. The van der Waals surface area contributed by atoms with Gasteiger partial charge in [0.2, 0.25) is 0 Å². The number of halogens is 1. The Bertz CT molecular complexity index is 2060. The largest absolute Gasteiger partial charge is 0.508 e. The third-order valence-corrected chi connectivity index (χ3v) is 9.35. The number of nitriles is 2. The second kappa shape index (κ2) is 12.1. The van der Waals surface area contributed by atoms with E-state index in [0.717, 1.165) is 47.8 Å². The minimum atomic E-state index is -0.533. The van der Waals surface area contributed by atoms with Crippen LogP contribution in [0.5, 0.6) is 5.75 Å². The highest BCUT2D eigenvalue weighted by Crippen LogP contribution is 2.45. The molecule has 0 aliphatic carbocycles. The lowest BCUT2D eigenvalue weighted by atomic mass is 9.87. The Morgan fingerprint density at radius 2 is 1.78 bits per heavy atom. The van der Waals surface area contributed by atoms with Crippen molar-refractivity contribution in [2.45, 2.75) is 44.3 Å². The number of phenols is 1. The number of nitrogens with zero attached hydrogens (tertiary/aromatic N) is 5. The fourth-order valence-electron chi connectivity index (χ4n) is 7.47. The highest BCUT2D eigenvalue weighted by molar-refractivity contribution is 6.06. The second-order valence-corrected chi connectivity index (χ2v) is 12.7. The van der Waals surface area contributed by atoms with Gasteiger partial charge in [-0.15, -0.1) is 0 Å². The number of aryl methyl sites for hydroxylation is 1. The third-order valence-electron chi connectivity index (χ3n) is 9.35. The summed E-state index contributed by atoms with van der Waals surface area (Å²) in [4.78, 5) is 9.66. The van der Waals surface area contributed by atoms with Gasteiger partial charge < -0.3 is 20.2 Å². The topological polar surface area (TPSA) is 99.2 Å². The average molecular weight is 611 g/mol. The van der Waals surface area contributed by atoms with E-state index in [1.165, 1.54) is 0 Å². The van der Waals surface area contributed by atoms with Gasteiger partial charge in [-0.05, 0) is 85.1 Å². The summed E-state index contributed by atoms with van der Waals surface area (Å²) < 4.78 is 17.7. The molecule has 4 aromatic carbocycles. The van der Waals surface area contributed by atoms with Gasteiger partial charge in [-0.25, -0.2) is 9.37 Å². The fourth-order valence-corrected chi connectivity index (χ4v) is 7.47. The smallest absolute Gasteiger partial charge is 0.140 e. The van der Waals surface area contributed by atoms with Crippen LogP contribution in [0.25, 0.3) is 43.9 Å². The van der Waals surface area contributed by atoms with Crippen LogP contribution < -0.4 is 10.2 Å². The number of benzene rings is 4. The minimum Gasteiger partial charge on any atom is -0.508 e. The van der Waals surface area contributed by atoms with E-state index in [9.17, 15) is 15.6 Å². The van der Waals surface area contributed by atoms with E-state index >= 15 is 4.39 Å². The summed E-state index contributed by atoms with van der Waals surface area (Å²) in [5.41, 5.74) is 3.95. The first-order valence-electron chi connectivity index (χ1n) is 15.8. The molecule has 46 heavy (non-hydrogen) atoms. The number of piperazine rings is 1. The number of aromatic nitrogens is 1. The third kappa shape index (κ3) is 5.10. The molecule has 8 heteroatoms. The molecule has 2 aliphatic rings. The molecule has 0 spiro atoms. The van der Waals surface area contributed by atoms with Crippen LogP contribution in [0.1, 0.15) is 36.0 Å². The number of pyridine rings is 1. The van der Waals surface area contributed by atoms with Gasteiger partial charge in [0.25, 0.3) is 0 Å². The van der Waals surface area contributed by atoms with Crippen molar-refractivity contribution in [1.82, 2.24) is 15.2 Å². The standard InChI is InChI=1S/C38H35FN6O/c1-44(2)22-23-7-5-9-26(15-23)37-33(19-41)35-32(38(43-37)45-27-12-13-28(45)21-42-20-27)17-25(10-6-14-40)34(36(35)39)31-18-29(46)16-24-8-3-4-11-30(24)31/h3-5,7-9,11,15-18,27-28,42,46H,6,10,12-13,20-22H2,1-2H3. The first-order valence-corrected chi connectivity index (χ1v) is 15.8. The summed E-state index contributed by atoms with van der Waals surface area (Å²) in [6.45, 7) is 2.33. The Labute approximate surface area is 268 Å². The molecule has 1 aromatic heterocycles. The summed E-state index contributed by atoms with van der Waals surface area (Å²) in [5.74, 6) is 0.168. The first-order chi connectivity index (χ1) is 22.4. The molecule has 2 unspecified atom stereocenters. The fraction of sp³-hybridized carbons (Fsp3) is 0.289. The van der Waals surface area contributed by atoms with Gasteiger partial charge in [0, 0.05) is 60.0 Å². The van der Waals surface area contributed by atoms with Crippen LogP contribution >= 0.6 is 0 Å². The molecule has 7 nitrogen and oxygen atoms in total. The number of phenolic OH excluding ortho intramolecular Hbond substituents is 1. The monoisotopic (exact) mass is 610 g/mol. The van der Waals surface area contributed by atoms with Crippen molar-refractivity contribution in [3.63, 3.8) is 0 Å². The molecule has 230 valence electrons. The van der Waals surface area contributed by atoms with E-state index in [0.29, 0.717) is 46.6 Å². The van der Waals surface area contributed by atoms with Crippen molar-refractivity contribution >= 4 is 27.4 Å². The Hall–Kier alpha value is -5.02. The number of hydrogen-bond donors (Lipinski definition) is 2. The number of hydrogen-bond acceptors (Lipinski definition) is 7. The molecule has 3 heterocycles. The first kappa shape index (κ1) is 29.7. The SMILES string of the molecule is CN(C)Cc1cccc(-c2nc(N3C4CCC3CNC4)c3cc(CCC#N)c(-c4cc(O)cc5ccccc45)c(F)c3c2C#N)c1. The Kier molecular flexibility index (Phi) is 7.78. The van der Waals surface area contributed by atoms with Crippen LogP contribution in [0.2, 0.25) is 0 Å². The highest BCUT2D eigenvalue weighted by atomic mass is 19.1. The molecule has 2 bridgehead atoms. The van der Waals surface area contributed by atoms with Crippen LogP contribution in [0.4, 0.5) is 10.2 Å². The van der Waals surface area contributed by atoms with E-state index in [2.05, 4.69) is 27.3 Å². The van der Waals surface area contributed by atoms with E-state index in [4.69, 9.17) is 4.98 Å². The molecule has 0 saturated carbocycles. The molecule has 2 aliphatic heterocycles. The van der Waals surface area contributed by atoms with Crippen LogP contribution in [0.15, 0.2) is 66.7 Å². The molecule has 5 aromatic rings. The Morgan fingerprint density at radius 1 is 1.00 bits per heavy atom. The van der Waals surface area contributed by atoms with Crippen LogP contribution in [0, 0.1) is 28.5 Å². The second-order valence-electron chi connectivity index (χ2n) is 12.7. The van der Waals surface area contributed by atoms with Gasteiger partial charge >= 0.3 is 0 Å². The lowest BCUT2D eigenvalue weighted by Gasteiger charge is -2.37. The van der Waals surface area contributed by atoms with Gasteiger partial charge in [-0.1, -0.05) is 42.5 Å². The predicted octanol–water partition coefficient (Wildman–Crippen LogP) is 6.90. The van der Waals surface area contributed by atoms with E-state index < -0.39 is 5.82 Å². The van der Waals surface area contributed by atoms with Crippen molar-refractivity contribution in [2.24, 2.45) is 0 Å². The minimum absolute atomic E-state index is 0.0196. The Morgan fingerprint density at radius 3 is 2.52 bits per heavy atom. The van der Waals surface area contributed by atoms with Gasteiger partial charge in [0.15, 0.2) is 0 Å². The van der Waals surface area contributed by atoms with Crippen LogP contribution in [-0.4, -0.2) is 54.3 Å². The van der Waals surface area contributed by atoms with Crippen molar-refractivity contribution in [3.05, 3.63) is 89.2 Å². The predicted molar refractivity (Wildman–Crippen MR) is 180 cm³/mol. The molecule has 2 N–H and O–H groups in total. The molecule has 0 radical (unpaired) electrons. The molecular formula is C38H35FN6O. The molecule has 2 fully saturated rings. The zero-order chi connectivity index (χ0) is 31.9. The summed E-state index contributed by atoms with van der Waals surface area (Å²) in [7, 11) is 4.01. The van der Waals surface area contributed by atoms with Gasteiger partial charge in [0.05, 0.1) is 17.3 Å². The Balaban J connectivity index is 1.59. The zero-order valence-electron chi connectivity index (χ0n) is 26.0. The van der Waals surface area contributed by atoms with Crippen molar-refractivity contribution < 1.29 is 9.50 Å². The van der Waals surface area contributed by atoms with Crippen LogP contribution in [-0.2, 0) is 13.0 Å². The average Bonchev–Trinajstić information content (AvgIpc) is 3.29. The number of fused-ring (bicyclic) bond motifs is 4. The van der Waals surface area contributed by atoms with E-state index in [1.54, 1.807) is 12.1 Å². The lowest BCUT2D eigenvalue weighted by molar-refractivity contribution is 0.402. The molecule has 2 atom stereocenters. The maximum absolute atomic E-state index is 17.7. The van der Waals surface area contributed by atoms with Crippen molar-refractivity contribution in [2.75, 3.05) is 32.1 Å².